The molecule has 2 fully saturated rings. The monoisotopic (exact) mass is 269 g/mol. The van der Waals surface area contributed by atoms with E-state index in [-0.39, 0.29) is 24.5 Å². The van der Waals surface area contributed by atoms with Gasteiger partial charge in [0.05, 0.1) is 18.6 Å². The van der Waals surface area contributed by atoms with Crippen molar-refractivity contribution in [3.05, 3.63) is 0 Å². The zero-order chi connectivity index (χ0) is 13.8. The average molecular weight is 269 g/mol. The van der Waals surface area contributed by atoms with Gasteiger partial charge in [-0.15, -0.1) is 0 Å². The van der Waals surface area contributed by atoms with Crippen LogP contribution in [0.4, 0.5) is 0 Å². The van der Waals surface area contributed by atoms with Crippen molar-refractivity contribution in [2.45, 2.75) is 70.1 Å². The Kier molecular flexibility index (Phi) is 4.80. The van der Waals surface area contributed by atoms with E-state index in [0.29, 0.717) is 19.1 Å². The maximum atomic E-state index is 12.2. The molecule has 0 bridgehead atoms. The van der Waals surface area contributed by atoms with Gasteiger partial charge >= 0.3 is 5.97 Å². The predicted octanol–water partition coefficient (Wildman–Crippen LogP) is 1.80. The number of carbonyl (C=O) groups is 2. The molecule has 2 aliphatic heterocycles. The van der Waals surface area contributed by atoms with Gasteiger partial charge in [0.1, 0.15) is 0 Å². The van der Waals surface area contributed by atoms with Crippen LogP contribution in [0.25, 0.3) is 0 Å². The van der Waals surface area contributed by atoms with Gasteiger partial charge in [-0.25, -0.2) is 0 Å². The van der Waals surface area contributed by atoms with Gasteiger partial charge in [-0.1, -0.05) is 0 Å². The third kappa shape index (κ3) is 3.93. The van der Waals surface area contributed by atoms with Crippen LogP contribution in [0.15, 0.2) is 0 Å². The van der Waals surface area contributed by atoms with Crippen molar-refractivity contribution >= 4 is 11.9 Å². The molecular weight excluding hydrogens is 246 g/mol. The summed E-state index contributed by atoms with van der Waals surface area (Å²) in [7, 11) is 0. The molecule has 2 heterocycles. The van der Waals surface area contributed by atoms with Gasteiger partial charge < -0.3 is 14.7 Å². The summed E-state index contributed by atoms with van der Waals surface area (Å²) in [5, 5.41) is 8.85. The Morgan fingerprint density at radius 2 is 2.11 bits per heavy atom. The molecule has 3 atom stereocenters. The number of carboxylic acids is 1. The van der Waals surface area contributed by atoms with E-state index in [2.05, 4.69) is 6.92 Å². The second-order valence-electron chi connectivity index (χ2n) is 5.67. The van der Waals surface area contributed by atoms with E-state index in [0.717, 1.165) is 32.1 Å². The zero-order valence-corrected chi connectivity index (χ0v) is 11.5. The molecule has 1 amide bonds. The van der Waals surface area contributed by atoms with Crippen molar-refractivity contribution in [3.8, 4) is 0 Å². The lowest BCUT2D eigenvalue weighted by atomic mass is 10.1. The summed E-state index contributed by atoms with van der Waals surface area (Å²) in [5.74, 6) is -0.732. The molecule has 0 aromatic rings. The Morgan fingerprint density at radius 3 is 2.74 bits per heavy atom. The predicted molar refractivity (Wildman–Crippen MR) is 69.8 cm³/mol. The lowest BCUT2D eigenvalue weighted by Crippen LogP contribution is -2.37. The zero-order valence-electron chi connectivity index (χ0n) is 11.5. The Hall–Kier alpha value is -1.10. The molecule has 2 saturated heterocycles. The molecular formula is C14H23NO4. The van der Waals surface area contributed by atoms with Crippen LogP contribution in [0, 0.1) is 0 Å². The molecule has 3 unspecified atom stereocenters. The number of hydrogen-bond acceptors (Lipinski definition) is 3. The van der Waals surface area contributed by atoms with E-state index >= 15 is 0 Å². The van der Waals surface area contributed by atoms with E-state index in [1.54, 1.807) is 4.90 Å². The molecule has 0 spiro atoms. The van der Waals surface area contributed by atoms with Crippen LogP contribution in [0.5, 0.6) is 0 Å². The normalized spacial score (nSPS) is 30.8. The molecule has 0 aromatic carbocycles. The second kappa shape index (κ2) is 6.37. The minimum Gasteiger partial charge on any atom is -0.481 e. The highest BCUT2D eigenvalue weighted by atomic mass is 16.5. The molecule has 0 aliphatic carbocycles. The first-order chi connectivity index (χ1) is 9.06. The van der Waals surface area contributed by atoms with Gasteiger partial charge in [-0.2, -0.15) is 0 Å². The van der Waals surface area contributed by atoms with Crippen LogP contribution in [0.2, 0.25) is 0 Å². The number of likely N-dealkylation sites (tertiary alicyclic amines) is 1. The molecule has 0 radical (unpaired) electrons. The highest BCUT2D eigenvalue weighted by Crippen LogP contribution is 2.25. The first-order valence-corrected chi connectivity index (χ1v) is 7.23. The number of rotatable bonds is 5. The van der Waals surface area contributed by atoms with Crippen molar-refractivity contribution in [3.63, 3.8) is 0 Å². The van der Waals surface area contributed by atoms with Crippen LogP contribution in [0.3, 0.4) is 0 Å². The Balaban J connectivity index is 1.77. The quantitative estimate of drug-likeness (QED) is 0.826. The fourth-order valence-electron chi connectivity index (χ4n) is 3.10. The third-order valence-corrected chi connectivity index (χ3v) is 4.11. The van der Waals surface area contributed by atoms with Crippen molar-refractivity contribution in [1.29, 1.82) is 0 Å². The third-order valence-electron chi connectivity index (χ3n) is 4.11. The molecule has 19 heavy (non-hydrogen) atoms. The van der Waals surface area contributed by atoms with Gasteiger partial charge in [0.2, 0.25) is 5.91 Å². The molecule has 0 saturated carbocycles. The standard InChI is InChI=1S/C14H23NO4/c1-10-4-5-12(19-10)6-7-13(16)15-8-2-3-11(15)9-14(17)18/h10-12H,2-9H2,1H3,(H,17,18). The number of amides is 1. The minimum atomic E-state index is -0.822. The van der Waals surface area contributed by atoms with E-state index < -0.39 is 5.97 Å². The van der Waals surface area contributed by atoms with Crippen LogP contribution >= 0.6 is 0 Å². The topological polar surface area (TPSA) is 66.8 Å². The highest BCUT2D eigenvalue weighted by molar-refractivity contribution is 5.78. The van der Waals surface area contributed by atoms with Gasteiger partial charge in [0.15, 0.2) is 0 Å². The summed E-state index contributed by atoms with van der Waals surface area (Å²) in [6.45, 7) is 2.77. The summed E-state index contributed by atoms with van der Waals surface area (Å²) in [5.41, 5.74) is 0. The average Bonchev–Trinajstić information content (AvgIpc) is 2.94. The van der Waals surface area contributed by atoms with Gasteiger partial charge in [0, 0.05) is 19.0 Å². The number of carboxylic acid groups (broad SMARTS) is 1. The lowest BCUT2D eigenvalue weighted by molar-refractivity contribution is -0.140. The number of carbonyl (C=O) groups excluding carboxylic acids is 1. The number of aliphatic carboxylic acids is 1. The second-order valence-corrected chi connectivity index (χ2v) is 5.67. The SMILES string of the molecule is CC1CCC(CCC(=O)N2CCCC2CC(=O)O)O1. The summed E-state index contributed by atoms with van der Waals surface area (Å²) in [6, 6.07) is -0.103. The maximum Gasteiger partial charge on any atom is 0.305 e. The van der Waals surface area contributed by atoms with Gasteiger partial charge in [-0.3, -0.25) is 9.59 Å². The lowest BCUT2D eigenvalue weighted by Gasteiger charge is -2.24. The Morgan fingerprint density at radius 1 is 1.32 bits per heavy atom. The van der Waals surface area contributed by atoms with E-state index in [4.69, 9.17) is 9.84 Å². The molecule has 2 aliphatic rings. The summed E-state index contributed by atoms with van der Waals surface area (Å²) < 4.78 is 5.70. The highest BCUT2D eigenvalue weighted by Gasteiger charge is 2.31. The van der Waals surface area contributed by atoms with Gasteiger partial charge in [-0.05, 0) is 39.0 Å². The number of nitrogens with zero attached hydrogens (tertiary/aromatic N) is 1. The molecule has 1 N–H and O–H groups in total. The molecule has 2 rings (SSSR count). The van der Waals surface area contributed by atoms with Crippen molar-refractivity contribution < 1.29 is 19.4 Å². The molecule has 108 valence electrons. The summed E-state index contributed by atoms with van der Waals surface area (Å²) in [4.78, 5) is 24.7. The van der Waals surface area contributed by atoms with E-state index in [1.165, 1.54) is 0 Å². The first-order valence-electron chi connectivity index (χ1n) is 7.23. The van der Waals surface area contributed by atoms with Gasteiger partial charge in [0.25, 0.3) is 0 Å². The van der Waals surface area contributed by atoms with Crippen LogP contribution in [-0.2, 0) is 14.3 Å². The van der Waals surface area contributed by atoms with Crippen LogP contribution < -0.4 is 0 Å². The van der Waals surface area contributed by atoms with Crippen LogP contribution in [0.1, 0.15) is 51.9 Å². The summed E-state index contributed by atoms with van der Waals surface area (Å²) >= 11 is 0. The Labute approximate surface area is 113 Å². The van der Waals surface area contributed by atoms with Crippen molar-refractivity contribution in [1.82, 2.24) is 4.90 Å². The maximum absolute atomic E-state index is 12.2. The minimum absolute atomic E-state index is 0.0721. The molecule has 5 nitrogen and oxygen atoms in total. The fraction of sp³-hybridized carbons (Fsp3) is 0.857. The number of ether oxygens (including phenoxy) is 1. The van der Waals surface area contributed by atoms with E-state index in [9.17, 15) is 9.59 Å². The molecule has 0 aromatic heterocycles. The fourth-order valence-corrected chi connectivity index (χ4v) is 3.10. The largest absolute Gasteiger partial charge is 0.481 e. The van der Waals surface area contributed by atoms with Crippen LogP contribution in [-0.4, -0.2) is 46.7 Å². The van der Waals surface area contributed by atoms with E-state index in [1.807, 2.05) is 0 Å². The first kappa shape index (κ1) is 14.3. The number of hydrogen-bond donors (Lipinski definition) is 1. The Bertz CT molecular complexity index is 344. The van der Waals surface area contributed by atoms with Crippen molar-refractivity contribution in [2.75, 3.05) is 6.54 Å². The summed E-state index contributed by atoms with van der Waals surface area (Å²) in [6.07, 6.45) is 5.67. The smallest absolute Gasteiger partial charge is 0.305 e. The van der Waals surface area contributed by atoms with Crippen molar-refractivity contribution in [2.24, 2.45) is 0 Å². The molecule has 5 heteroatoms.